The lowest BCUT2D eigenvalue weighted by Gasteiger charge is -2.36. The topological polar surface area (TPSA) is 57.7 Å². The molecule has 1 saturated carbocycles. The average Bonchev–Trinajstić information content (AvgIpc) is 2.69. The standard InChI is InChI=1S/C20H30N2O3S/c23-20(19-11-5-2-6-12-19)21-13-15-22(16-14-21)26(24,25)17-7-10-18-8-3-1-4-9-18/h1,3-4,8-9,19H,2,5-7,10-17H2. The van der Waals surface area contributed by atoms with E-state index in [2.05, 4.69) is 0 Å². The molecular weight excluding hydrogens is 348 g/mol. The number of piperazine rings is 1. The molecule has 1 aromatic carbocycles. The highest BCUT2D eigenvalue weighted by Crippen LogP contribution is 2.26. The number of nitrogens with zero attached hydrogens (tertiary/aromatic N) is 2. The van der Waals surface area contributed by atoms with Crippen molar-refractivity contribution >= 4 is 15.9 Å². The molecule has 0 aromatic heterocycles. The van der Waals surface area contributed by atoms with Crippen molar-refractivity contribution in [2.24, 2.45) is 5.92 Å². The molecule has 0 N–H and O–H groups in total. The molecule has 144 valence electrons. The van der Waals surface area contributed by atoms with Gasteiger partial charge in [0.05, 0.1) is 5.75 Å². The Kier molecular flexibility index (Phi) is 6.70. The Bertz CT molecular complexity index is 676. The molecule has 1 aliphatic carbocycles. The molecule has 5 nitrogen and oxygen atoms in total. The lowest BCUT2D eigenvalue weighted by molar-refractivity contribution is -0.137. The Hall–Kier alpha value is -1.40. The summed E-state index contributed by atoms with van der Waals surface area (Å²) in [7, 11) is -3.23. The maximum Gasteiger partial charge on any atom is 0.225 e. The Morgan fingerprint density at radius 3 is 2.27 bits per heavy atom. The number of carbonyl (C=O) groups is 1. The van der Waals surface area contributed by atoms with Crippen molar-refractivity contribution in [1.29, 1.82) is 0 Å². The summed E-state index contributed by atoms with van der Waals surface area (Å²) in [5.74, 6) is 0.585. The van der Waals surface area contributed by atoms with E-state index in [1.807, 2.05) is 35.2 Å². The van der Waals surface area contributed by atoms with Gasteiger partial charge in [-0.2, -0.15) is 4.31 Å². The molecule has 6 heteroatoms. The summed E-state index contributed by atoms with van der Waals surface area (Å²) in [4.78, 5) is 14.5. The van der Waals surface area contributed by atoms with E-state index < -0.39 is 10.0 Å². The maximum absolute atomic E-state index is 12.6. The summed E-state index contributed by atoms with van der Waals surface area (Å²) in [6, 6.07) is 9.98. The molecule has 1 amide bonds. The summed E-state index contributed by atoms with van der Waals surface area (Å²) in [6.07, 6.45) is 6.93. The van der Waals surface area contributed by atoms with Gasteiger partial charge in [-0.25, -0.2) is 8.42 Å². The van der Waals surface area contributed by atoms with Gasteiger partial charge in [0.1, 0.15) is 0 Å². The first-order valence-corrected chi connectivity index (χ1v) is 11.5. The summed E-state index contributed by atoms with van der Waals surface area (Å²) in [5, 5.41) is 0. The van der Waals surface area contributed by atoms with E-state index in [9.17, 15) is 13.2 Å². The van der Waals surface area contributed by atoms with Crippen LogP contribution in [0.1, 0.15) is 44.1 Å². The number of hydrogen-bond donors (Lipinski definition) is 0. The van der Waals surface area contributed by atoms with Crippen LogP contribution in [-0.2, 0) is 21.2 Å². The van der Waals surface area contributed by atoms with Gasteiger partial charge in [0.15, 0.2) is 0 Å². The molecule has 2 aliphatic rings. The molecule has 1 aromatic rings. The predicted octanol–water partition coefficient (Wildman–Crippen LogP) is 2.67. The van der Waals surface area contributed by atoms with Gasteiger partial charge >= 0.3 is 0 Å². The van der Waals surface area contributed by atoms with Crippen LogP contribution < -0.4 is 0 Å². The van der Waals surface area contributed by atoms with Gasteiger partial charge in [0.2, 0.25) is 15.9 Å². The molecule has 0 atom stereocenters. The molecule has 26 heavy (non-hydrogen) atoms. The second kappa shape index (κ2) is 9.00. The quantitative estimate of drug-likeness (QED) is 0.765. The van der Waals surface area contributed by atoms with Crippen LogP contribution in [0.2, 0.25) is 0 Å². The van der Waals surface area contributed by atoms with Crippen molar-refractivity contribution in [3.05, 3.63) is 35.9 Å². The summed E-state index contributed by atoms with van der Waals surface area (Å²) in [5.41, 5.74) is 1.17. The first kappa shape index (κ1) is 19.4. The minimum absolute atomic E-state index is 0.165. The number of hydrogen-bond acceptors (Lipinski definition) is 3. The Labute approximate surface area is 157 Å². The van der Waals surface area contributed by atoms with Crippen LogP contribution in [0.5, 0.6) is 0 Å². The monoisotopic (exact) mass is 378 g/mol. The highest BCUT2D eigenvalue weighted by molar-refractivity contribution is 7.89. The summed E-state index contributed by atoms with van der Waals surface area (Å²) < 4.78 is 26.7. The van der Waals surface area contributed by atoms with E-state index in [4.69, 9.17) is 0 Å². The average molecular weight is 379 g/mol. The molecular formula is C20H30N2O3S. The van der Waals surface area contributed by atoms with E-state index in [-0.39, 0.29) is 17.6 Å². The van der Waals surface area contributed by atoms with Crippen LogP contribution in [-0.4, -0.2) is 55.5 Å². The van der Waals surface area contributed by atoms with E-state index in [0.717, 1.165) is 32.1 Å². The highest BCUT2D eigenvalue weighted by Gasteiger charge is 2.31. The lowest BCUT2D eigenvalue weighted by atomic mass is 9.88. The molecule has 0 spiro atoms. The fourth-order valence-corrected chi connectivity index (χ4v) is 5.51. The van der Waals surface area contributed by atoms with E-state index in [1.165, 1.54) is 12.0 Å². The highest BCUT2D eigenvalue weighted by atomic mass is 32.2. The van der Waals surface area contributed by atoms with Gasteiger partial charge in [0, 0.05) is 32.1 Å². The zero-order valence-electron chi connectivity index (χ0n) is 15.5. The third kappa shape index (κ3) is 5.07. The van der Waals surface area contributed by atoms with Crippen molar-refractivity contribution in [2.45, 2.75) is 44.9 Å². The second-order valence-electron chi connectivity index (χ2n) is 7.46. The normalized spacial score (nSPS) is 20.2. The van der Waals surface area contributed by atoms with Crippen LogP contribution in [0.3, 0.4) is 0 Å². The van der Waals surface area contributed by atoms with Gasteiger partial charge in [-0.3, -0.25) is 4.79 Å². The van der Waals surface area contributed by atoms with Crippen molar-refractivity contribution in [2.75, 3.05) is 31.9 Å². The van der Waals surface area contributed by atoms with Crippen LogP contribution in [0, 0.1) is 5.92 Å². The fraction of sp³-hybridized carbons (Fsp3) is 0.650. The maximum atomic E-state index is 12.6. The van der Waals surface area contributed by atoms with Crippen molar-refractivity contribution in [3.8, 4) is 0 Å². The molecule has 1 saturated heterocycles. The smallest absolute Gasteiger partial charge is 0.225 e. The number of benzene rings is 1. The lowest BCUT2D eigenvalue weighted by Crippen LogP contribution is -2.52. The SMILES string of the molecule is O=C(C1CCCCC1)N1CCN(S(=O)(=O)CCCc2ccccc2)CC1. The summed E-state index contributed by atoms with van der Waals surface area (Å²) in [6.45, 7) is 1.94. The van der Waals surface area contributed by atoms with Gasteiger partial charge in [-0.1, -0.05) is 49.6 Å². The van der Waals surface area contributed by atoms with E-state index in [1.54, 1.807) is 4.31 Å². The molecule has 0 radical (unpaired) electrons. The Morgan fingerprint density at radius 1 is 0.962 bits per heavy atom. The minimum atomic E-state index is -3.23. The fourth-order valence-electron chi connectivity index (χ4n) is 4.03. The first-order chi connectivity index (χ1) is 12.6. The second-order valence-corrected chi connectivity index (χ2v) is 9.55. The zero-order chi connectivity index (χ0) is 18.4. The Balaban J connectivity index is 1.44. The number of amides is 1. The van der Waals surface area contributed by atoms with Crippen LogP contribution >= 0.6 is 0 Å². The summed E-state index contributed by atoms with van der Waals surface area (Å²) >= 11 is 0. The third-order valence-electron chi connectivity index (χ3n) is 5.61. The van der Waals surface area contributed by atoms with E-state index in [0.29, 0.717) is 32.6 Å². The van der Waals surface area contributed by atoms with Crippen LogP contribution in [0.4, 0.5) is 0 Å². The van der Waals surface area contributed by atoms with Crippen LogP contribution in [0.25, 0.3) is 0 Å². The number of sulfonamides is 1. The number of aryl methyl sites for hydroxylation is 1. The van der Waals surface area contributed by atoms with Crippen molar-refractivity contribution < 1.29 is 13.2 Å². The van der Waals surface area contributed by atoms with E-state index >= 15 is 0 Å². The minimum Gasteiger partial charge on any atom is -0.340 e. The molecule has 3 rings (SSSR count). The third-order valence-corrected chi connectivity index (χ3v) is 7.57. The van der Waals surface area contributed by atoms with Gasteiger partial charge in [-0.15, -0.1) is 0 Å². The van der Waals surface area contributed by atoms with Gasteiger partial charge in [-0.05, 0) is 31.2 Å². The van der Waals surface area contributed by atoms with Gasteiger partial charge < -0.3 is 4.90 Å². The molecule has 0 bridgehead atoms. The number of carbonyl (C=O) groups excluding carboxylic acids is 1. The molecule has 1 heterocycles. The van der Waals surface area contributed by atoms with Crippen LogP contribution in [0.15, 0.2) is 30.3 Å². The number of rotatable bonds is 6. The Morgan fingerprint density at radius 2 is 1.62 bits per heavy atom. The van der Waals surface area contributed by atoms with Gasteiger partial charge in [0.25, 0.3) is 0 Å². The predicted molar refractivity (Wildman–Crippen MR) is 103 cm³/mol. The van der Waals surface area contributed by atoms with Crippen molar-refractivity contribution in [3.63, 3.8) is 0 Å². The molecule has 2 fully saturated rings. The zero-order valence-corrected chi connectivity index (χ0v) is 16.3. The largest absolute Gasteiger partial charge is 0.340 e. The molecule has 0 unspecified atom stereocenters. The van der Waals surface area contributed by atoms with Crippen molar-refractivity contribution in [1.82, 2.24) is 9.21 Å². The molecule has 1 aliphatic heterocycles. The first-order valence-electron chi connectivity index (χ1n) is 9.87.